The Kier molecular flexibility index (Phi) is 7.84. The molecular formula is C20H41N3. The van der Waals surface area contributed by atoms with Crippen molar-refractivity contribution >= 4 is 0 Å². The summed E-state index contributed by atoms with van der Waals surface area (Å²) in [7, 11) is 4.47. The van der Waals surface area contributed by atoms with E-state index in [4.69, 9.17) is 0 Å². The van der Waals surface area contributed by atoms with Crippen LogP contribution in [-0.2, 0) is 0 Å². The first-order valence-corrected chi connectivity index (χ1v) is 10.2. The van der Waals surface area contributed by atoms with Crippen LogP contribution in [0.1, 0.15) is 65.7 Å². The fourth-order valence-electron chi connectivity index (χ4n) is 5.31. The quantitative estimate of drug-likeness (QED) is 0.780. The second-order valence-electron chi connectivity index (χ2n) is 8.32. The molecule has 1 aliphatic heterocycles. The maximum absolute atomic E-state index is 3.74. The van der Waals surface area contributed by atoms with Gasteiger partial charge in [0.15, 0.2) is 0 Å². The van der Waals surface area contributed by atoms with Gasteiger partial charge in [-0.1, -0.05) is 33.1 Å². The lowest BCUT2D eigenvalue weighted by Crippen LogP contribution is -2.44. The monoisotopic (exact) mass is 323 g/mol. The first-order chi connectivity index (χ1) is 11.1. The summed E-state index contributed by atoms with van der Waals surface area (Å²) in [6.45, 7) is 9.37. The zero-order chi connectivity index (χ0) is 16.8. The number of nitrogens with one attached hydrogen (secondary N) is 2. The third-order valence-electron chi connectivity index (χ3n) is 6.85. The second-order valence-corrected chi connectivity index (χ2v) is 8.32. The van der Waals surface area contributed by atoms with Crippen LogP contribution in [0.25, 0.3) is 0 Å². The molecule has 0 spiro atoms. The van der Waals surface area contributed by atoms with Gasteiger partial charge in [0, 0.05) is 18.8 Å². The van der Waals surface area contributed by atoms with Crippen molar-refractivity contribution in [3.8, 4) is 0 Å². The fourth-order valence-corrected chi connectivity index (χ4v) is 5.31. The summed E-state index contributed by atoms with van der Waals surface area (Å²) < 4.78 is 0. The molecule has 3 nitrogen and oxygen atoms in total. The van der Waals surface area contributed by atoms with Crippen molar-refractivity contribution in [3.05, 3.63) is 0 Å². The molecule has 2 N–H and O–H groups in total. The molecule has 23 heavy (non-hydrogen) atoms. The molecule has 2 aliphatic rings. The highest BCUT2D eigenvalue weighted by atomic mass is 15.2. The Labute approximate surface area is 145 Å². The molecule has 2 fully saturated rings. The van der Waals surface area contributed by atoms with E-state index in [2.05, 4.69) is 50.4 Å². The van der Waals surface area contributed by atoms with Crippen LogP contribution >= 0.6 is 0 Å². The van der Waals surface area contributed by atoms with Gasteiger partial charge in [0.25, 0.3) is 0 Å². The molecule has 0 bridgehead atoms. The van der Waals surface area contributed by atoms with Crippen LogP contribution in [0, 0.1) is 23.7 Å². The summed E-state index contributed by atoms with van der Waals surface area (Å²) in [6, 6.07) is 1.44. The molecule has 1 aliphatic carbocycles. The standard InChI is InChI=1S/C20H41N3/c1-6-8-17-9-10-18(11-19(17)13-21-4)20-12-16(7-2)15(3)22-14-23(20)5/h15-22H,6-14H2,1-5H3/t15?,16?,17?,18?,19?,20-/m0/s1. The van der Waals surface area contributed by atoms with E-state index < -0.39 is 0 Å². The minimum atomic E-state index is 0.664. The van der Waals surface area contributed by atoms with Crippen LogP contribution in [0.4, 0.5) is 0 Å². The smallest absolute Gasteiger partial charge is 0.0482 e. The number of hydrogen-bond donors (Lipinski definition) is 2. The van der Waals surface area contributed by atoms with Crippen LogP contribution < -0.4 is 10.6 Å². The number of nitrogens with zero attached hydrogens (tertiary/aromatic N) is 1. The van der Waals surface area contributed by atoms with E-state index >= 15 is 0 Å². The van der Waals surface area contributed by atoms with Crippen molar-refractivity contribution < 1.29 is 0 Å². The van der Waals surface area contributed by atoms with Crippen molar-refractivity contribution in [3.63, 3.8) is 0 Å². The van der Waals surface area contributed by atoms with Crippen molar-refractivity contribution in [1.82, 2.24) is 15.5 Å². The van der Waals surface area contributed by atoms with Gasteiger partial charge in [0.1, 0.15) is 0 Å². The molecule has 0 aromatic rings. The molecule has 0 aromatic carbocycles. The van der Waals surface area contributed by atoms with Gasteiger partial charge >= 0.3 is 0 Å². The fraction of sp³-hybridized carbons (Fsp3) is 1.00. The summed E-state index contributed by atoms with van der Waals surface area (Å²) in [5.74, 6) is 3.58. The minimum absolute atomic E-state index is 0.664. The van der Waals surface area contributed by atoms with Gasteiger partial charge in [-0.15, -0.1) is 0 Å². The topological polar surface area (TPSA) is 27.3 Å². The van der Waals surface area contributed by atoms with Crippen LogP contribution in [0.15, 0.2) is 0 Å². The molecule has 0 amide bonds. The lowest BCUT2D eigenvalue weighted by atomic mass is 9.68. The van der Waals surface area contributed by atoms with E-state index in [1.54, 1.807) is 0 Å². The van der Waals surface area contributed by atoms with E-state index in [9.17, 15) is 0 Å². The first kappa shape index (κ1) is 19.2. The summed E-state index contributed by atoms with van der Waals surface area (Å²) in [5.41, 5.74) is 0. The van der Waals surface area contributed by atoms with E-state index in [0.717, 1.165) is 36.4 Å². The molecule has 1 saturated carbocycles. The van der Waals surface area contributed by atoms with E-state index in [0.29, 0.717) is 6.04 Å². The Balaban J connectivity index is 2.04. The van der Waals surface area contributed by atoms with E-state index in [1.807, 2.05) is 0 Å². The molecule has 2 rings (SSSR count). The molecule has 0 aromatic heterocycles. The molecule has 3 heteroatoms. The van der Waals surface area contributed by atoms with Crippen molar-refractivity contribution in [2.75, 3.05) is 27.3 Å². The molecule has 5 unspecified atom stereocenters. The van der Waals surface area contributed by atoms with E-state index in [-0.39, 0.29) is 0 Å². The van der Waals surface area contributed by atoms with Crippen molar-refractivity contribution in [2.45, 2.75) is 77.8 Å². The third-order valence-corrected chi connectivity index (χ3v) is 6.85. The molecule has 1 heterocycles. The van der Waals surface area contributed by atoms with Crippen molar-refractivity contribution in [1.29, 1.82) is 0 Å². The van der Waals surface area contributed by atoms with Crippen LogP contribution in [0.5, 0.6) is 0 Å². The normalized spacial score (nSPS) is 40.0. The van der Waals surface area contributed by atoms with Crippen LogP contribution in [0.2, 0.25) is 0 Å². The molecule has 0 radical (unpaired) electrons. The van der Waals surface area contributed by atoms with Gasteiger partial charge in [0.05, 0.1) is 0 Å². The highest BCUT2D eigenvalue weighted by molar-refractivity contribution is 4.91. The van der Waals surface area contributed by atoms with Gasteiger partial charge in [-0.3, -0.25) is 4.90 Å². The zero-order valence-electron chi connectivity index (χ0n) is 16.3. The average molecular weight is 324 g/mol. The van der Waals surface area contributed by atoms with Crippen molar-refractivity contribution in [2.24, 2.45) is 23.7 Å². The molecule has 136 valence electrons. The van der Waals surface area contributed by atoms with Crippen LogP contribution in [-0.4, -0.2) is 44.3 Å². The SMILES string of the molecule is CCCC1CCC([C@@H]2CC(CC)C(C)NCN2C)CC1CNC. The Bertz CT molecular complexity index is 333. The summed E-state index contributed by atoms with van der Waals surface area (Å²) in [5, 5.41) is 7.22. The summed E-state index contributed by atoms with van der Waals surface area (Å²) in [6.07, 6.45) is 9.80. The first-order valence-electron chi connectivity index (χ1n) is 10.2. The zero-order valence-corrected chi connectivity index (χ0v) is 16.3. The minimum Gasteiger partial charge on any atom is -0.319 e. The Hall–Kier alpha value is -0.120. The number of rotatable bonds is 6. The highest BCUT2D eigenvalue weighted by Crippen LogP contribution is 2.40. The Morgan fingerprint density at radius 3 is 2.52 bits per heavy atom. The summed E-state index contributed by atoms with van der Waals surface area (Å²) in [4.78, 5) is 2.62. The lowest BCUT2D eigenvalue weighted by Gasteiger charge is -2.42. The Morgan fingerprint density at radius 2 is 1.87 bits per heavy atom. The van der Waals surface area contributed by atoms with Crippen LogP contribution in [0.3, 0.4) is 0 Å². The predicted molar refractivity (Wildman–Crippen MR) is 101 cm³/mol. The highest BCUT2D eigenvalue weighted by Gasteiger charge is 2.37. The molecule has 6 atom stereocenters. The van der Waals surface area contributed by atoms with Gasteiger partial charge < -0.3 is 10.6 Å². The average Bonchev–Trinajstić information content (AvgIpc) is 2.69. The van der Waals surface area contributed by atoms with Gasteiger partial charge in [0.2, 0.25) is 0 Å². The third kappa shape index (κ3) is 4.93. The largest absolute Gasteiger partial charge is 0.319 e. The van der Waals surface area contributed by atoms with Gasteiger partial charge in [-0.05, 0) is 76.9 Å². The number of hydrogen-bond acceptors (Lipinski definition) is 3. The Morgan fingerprint density at radius 1 is 1.09 bits per heavy atom. The maximum Gasteiger partial charge on any atom is 0.0482 e. The van der Waals surface area contributed by atoms with E-state index in [1.165, 1.54) is 51.5 Å². The molecular weight excluding hydrogens is 282 g/mol. The molecule has 1 saturated heterocycles. The van der Waals surface area contributed by atoms with Gasteiger partial charge in [-0.25, -0.2) is 0 Å². The summed E-state index contributed by atoms with van der Waals surface area (Å²) >= 11 is 0. The lowest BCUT2D eigenvalue weighted by molar-refractivity contribution is 0.0816. The van der Waals surface area contributed by atoms with Gasteiger partial charge in [-0.2, -0.15) is 0 Å². The maximum atomic E-state index is 3.74. The predicted octanol–water partition coefficient (Wildman–Crippen LogP) is 3.70. The second kappa shape index (κ2) is 9.39.